The molecule has 3 aromatic rings. The van der Waals surface area contributed by atoms with Crippen LogP contribution in [0.1, 0.15) is 16.0 Å². The van der Waals surface area contributed by atoms with Crippen molar-refractivity contribution in [2.75, 3.05) is 0 Å². The van der Waals surface area contributed by atoms with E-state index in [1.54, 1.807) is 23.2 Å². The number of imidazole rings is 1. The van der Waals surface area contributed by atoms with E-state index in [1.807, 2.05) is 42.5 Å². The maximum absolute atomic E-state index is 12.0. The summed E-state index contributed by atoms with van der Waals surface area (Å²) in [6.07, 6.45) is 0. The molecule has 0 bridgehead atoms. The van der Waals surface area contributed by atoms with Crippen molar-refractivity contribution in [2.45, 2.75) is 4.83 Å². The second-order valence-electron chi connectivity index (χ2n) is 5.03. The molecule has 1 aromatic heterocycles. The highest BCUT2D eigenvalue weighted by molar-refractivity contribution is 9.09. The minimum atomic E-state index is -0.0222. The Balaban J connectivity index is 2.16. The van der Waals surface area contributed by atoms with Gasteiger partial charge in [0.1, 0.15) is 0 Å². The van der Waals surface area contributed by atoms with Gasteiger partial charge in [-0.25, -0.2) is 4.79 Å². The van der Waals surface area contributed by atoms with Gasteiger partial charge in [0.15, 0.2) is 0 Å². The standard InChI is InChI=1S/C16H14BrClN2O/c1-19-13-8-7-10(9-14(13)20(2)16(19)21)15(17)11-5-3-4-6-12(11)18/h3-9,15H,1-2H3. The summed E-state index contributed by atoms with van der Waals surface area (Å²) in [6.45, 7) is 0. The van der Waals surface area contributed by atoms with Gasteiger partial charge in [-0.2, -0.15) is 0 Å². The highest BCUT2D eigenvalue weighted by atomic mass is 79.9. The van der Waals surface area contributed by atoms with Crippen molar-refractivity contribution in [2.24, 2.45) is 14.1 Å². The van der Waals surface area contributed by atoms with Crippen molar-refractivity contribution >= 4 is 38.6 Å². The quantitative estimate of drug-likeness (QED) is 0.630. The third-order valence-electron chi connectivity index (χ3n) is 3.77. The molecule has 108 valence electrons. The van der Waals surface area contributed by atoms with Crippen LogP contribution in [0, 0.1) is 0 Å². The molecule has 3 nitrogen and oxygen atoms in total. The summed E-state index contributed by atoms with van der Waals surface area (Å²) >= 11 is 9.96. The van der Waals surface area contributed by atoms with Gasteiger partial charge in [0.2, 0.25) is 0 Å². The van der Waals surface area contributed by atoms with Gasteiger partial charge in [0, 0.05) is 19.1 Å². The number of halogens is 2. The number of nitrogens with zero attached hydrogens (tertiary/aromatic N) is 2. The van der Waals surface area contributed by atoms with Crippen molar-refractivity contribution in [3.05, 3.63) is 69.1 Å². The Morgan fingerprint density at radius 2 is 1.71 bits per heavy atom. The minimum absolute atomic E-state index is 0.00842. The van der Waals surface area contributed by atoms with Crippen LogP contribution in [0.15, 0.2) is 47.3 Å². The topological polar surface area (TPSA) is 26.9 Å². The first kappa shape index (κ1) is 14.4. The molecule has 0 saturated carbocycles. The molecule has 21 heavy (non-hydrogen) atoms. The fourth-order valence-corrected chi connectivity index (χ4v) is 3.60. The zero-order valence-corrected chi connectivity index (χ0v) is 14.0. The lowest BCUT2D eigenvalue weighted by molar-refractivity contribution is 0.795. The summed E-state index contributed by atoms with van der Waals surface area (Å²) in [7, 11) is 3.57. The maximum Gasteiger partial charge on any atom is 0.328 e. The second kappa shape index (κ2) is 5.35. The van der Waals surface area contributed by atoms with E-state index in [1.165, 1.54) is 0 Å². The molecule has 0 fully saturated rings. The summed E-state index contributed by atoms with van der Waals surface area (Å²) in [5.74, 6) is 0. The first-order chi connectivity index (χ1) is 10.0. The van der Waals surface area contributed by atoms with Gasteiger partial charge in [-0.15, -0.1) is 0 Å². The lowest BCUT2D eigenvalue weighted by Crippen LogP contribution is -2.19. The number of aryl methyl sites for hydroxylation is 2. The van der Waals surface area contributed by atoms with Crippen LogP contribution >= 0.6 is 27.5 Å². The number of aromatic nitrogens is 2. The number of fused-ring (bicyclic) bond motifs is 1. The van der Waals surface area contributed by atoms with Crippen LogP contribution in [0.5, 0.6) is 0 Å². The summed E-state index contributed by atoms with van der Waals surface area (Å²) in [5, 5.41) is 0.724. The minimum Gasteiger partial charge on any atom is -0.295 e. The molecule has 0 saturated heterocycles. The van der Waals surface area contributed by atoms with Gasteiger partial charge in [-0.1, -0.05) is 51.8 Å². The highest BCUT2D eigenvalue weighted by Gasteiger charge is 2.16. The number of hydrogen-bond acceptors (Lipinski definition) is 1. The molecule has 0 aliphatic heterocycles. The van der Waals surface area contributed by atoms with E-state index < -0.39 is 0 Å². The predicted molar refractivity (Wildman–Crippen MR) is 90.4 cm³/mol. The third kappa shape index (κ3) is 2.32. The molecule has 2 aromatic carbocycles. The number of hydrogen-bond donors (Lipinski definition) is 0. The predicted octanol–water partition coefficient (Wildman–Crippen LogP) is 4.01. The number of alkyl halides is 1. The van der Waals surface area contributed by atoms with Crippen molar-refractivity contribution in [3.8, 4) is 0 Å². The number of rotatable bonds is 2. The van der Waals surface area contributed by atoms with Crippen LogP contribution in [0.2, 0.25) is 5.02 Å². The van der Waals surface area contributed by atoms with Crippen molar-refractivity contribution in [1.29, 1.82) is 0 Å². The highest BCUT2D eigenvalue weighted by Crippen LogP contribution is 2.35. The van der Waals surface area contributed by atoms with E-state index >= 15 is 0 Å². The molecule has 0 amide bonds. The Bertz CT molecular complexity index is 882. The Morgan fingerprint density at radius 1 is 1.05 bits per heavy atom. The van der Waals surface area contributed by atoms with E-state index in [0.717, 1.165) is 27.2 Å². The molecule has 1 atom stereocenters. The van der Waals surface area contributed by atoms with Gasteiger partial charge in [0.25, 0.3) is 0 Å². The zero-order valence-electron chi connectivity index (χ0n) is 11.7. The zero-order chi connectivity index (χ0) is 15.1. The SMILES string of the molecule is Cn1c(=O)n(C)c2cc(C(Br)c3ccccc3Cl)ccc21. The van der Waals surface area contributed by atoms with E-state index in [9.17, 15) is 4.79 Å². The molecule has 0 spiro atoms. The van der Waals surface area contributed by atoms with Crippen LogP contribution in [0.25, 0.3) is 11.0 Å². The van der Waals surface area contributed by atoms with E-state index in [2.05, 4.69) is 15.9 Å². The average molecular weight is 366 g/mol. The van der Waals surface area contributed by atoms with Crippen LogP contribution in [0.3, 0.4) is 0 Å². The fraction of sp³-hybridized carbons (Fsp3) is 0.188. The average Bonchev–Trinajstić information content (AvgIpc) is 2.71. The molecule has 5 heteroatoms. The lowest BCUT2D eigenvalue weighted by Gasteiger charge is -2.13. The Labute approximate surface area is 135 Å². The second-order valence-corrected chi connectivity index (χ2v) is 6.36. The summed E-state index contributed by atoms with van der Waals surface area (Å²) in [6, 6.07) is 13.8. The molecule has 0 N–H and O–H groups in total. The number of benzene rings is 2. The van der Waals surface area contributed by atoms with Gasteiger partial charge in [0.05, 0.1) is 15.9 Å². The Kier molecular flexibility index (Phi) is 3.68. The van der Waals surface area contributed by atoms with Crippen LogP contribution < -0.4 is 5.69 Å². The van der Waals surface area contributed by atoms with Crippen molar-refractivity contribution in [3.63, 3.8) is 0 Å². The molecular formula is C16H14BrClN2O. The molecule has 0 radical (unpaired) electrons. The van der Waals surface area contributed by atoms with Gasteiger partial charge in [-0.05, 0) is 29.3 Å². The van der Waals surface area contributed by atoms with Crippen LogP contribution in [-0.2, 0) is 14.1 Å². The summed E-state index contributed by atoms with van der Waals surface area (Å²) < 4.78 is 3.31. The summed E-state index contributed by atoms with van der Waals surface area (Å²) in [4.78, 5) is 12.0. The van der Waals surface area contributed by atoms with E-state index in [-0.39, 0.29) is 10.5 Å². The van der Waals surface area contributed by atoms with Crippen LogP contribution in [-0.4, -0.2) is 9.13 Å². The molecule has 3 rings (SSSR count). The molecule has 0 aliphatic rings. The largest absolute Gasteiger partial charge is 0.328 e. The normalized spacial score (nSPS) is 12.8. The van der Waals surface area contributed by atoms with E-state index in [0.29, 0.717) is 0 Å². The van der Waals surface area contributed by atoms with E-state index in [4.69, 9.17) is 11.6 Å². The van der Waals surface area contributed by atoms with Crippen LogP contribution in [0.4, 0.5) is 0 Å². The van der Waals surface area contributed by atoms with Crippen molar-refractivity contribution < 1.29 is 0 Å². The van der Waals surface area contributed by atoms with Crippen molar-refractivity contribution in [1.82, 2.24) is 9.13 Å². The van der Waals surface area contributed by atoms with Gasteiger partial charge in [-0.3, -0.25) is 9.13 Å². The first-order valence-electron chi connectivity index (χ1n) is 6.54. The van der Waals surface area contributed by atoms with Gasteiger partial charge >= 0.3 is 5.69 Å². The first-order valence-corrected chi connectivity index (χ1v) is 7.84. The molecular weight excluding hydrogens is 352 g/mol. The summed E-state index contributed by atoms with van der Waals surface area (Å²) in [5.41, 5.74) is 3.89. The third-order valence-corrected chi connectivity index (χ3v) is 5.13. The Morgan fingerprint density at radius 3 is 2.43 bits per heavy atom. The molecule has 1 unspecified atom stereocenters. The van der Waals surface area contributed by atoms with Gasteiger partial charge < -0.3 is 0 Å². The Hall–Kier alpha value is -1.52. The lowest BCUT2D eigenvalue weighted by atomic mass is 10.0. The molecule has 0 aliphatic carbocycles. The molecule has 1 heterocycles. The fourth-order valence-electron chi connectivity index (χ4n) is 2.54. The maximum atomic E-state index is 12.0. The monoisotopic (exact) mass is 364 g/mol. The smallest absolute Gasteiger partial charge is 0.295 e.